The minimum absolute atomic E-state index is 0.0297. The summed E-state index contributed by atoms with van der Waals surface area (Å²) in [6.45, 7) is 1.81. The van der Waals surface area contributed by atoms with Crippen molar-refractivity contribution in [1.82, 2.24) is 63.8 Å². The van der Waals surface area contributed by atoms with Crippen LogP contribution in [-0.4, -0.2) is 217 Å². The third kappa shape index (κ3) is 34.8. The molecule has 105 heavy (non-hydrogen) atoms. The van der Waals surface area contributed by atoms with Gasteiger partial charge in [0.25, 0.3) is 0 Å². The van der Waals surface area contributed by atoms with Crippen LogP contribution in [-0.2, 0) is 81.6 Å². The molecule has 37 nitrogen and oxygen atoms in total. The van der Waals surface area contributed by atoms with E-state index in [1.165, 1.54) is 20.8 Å². The Labute approximate surface area is 609 Å². The van der Waals surface area contributed by atoms with E-state index in [-0.39, 0.29) is 95.8 Å². The van der Waals surface area contributed by atoms with Gasteiger partial charge in [-0.1, -0.05) is 91.0 Å². The number of hydrogen-bond donors (Lipinski definition) is 22. The zero-order chi connectivity index (χ0) is 78.0. The van der Waals surface area contributed by atoms with E-state index in [1.807, 2.05) is 6.07 Å². The molecule has 578 valence electrons. The molecule has 0 saturated carbocycles. The number of guanidine groups is 2. The maximum absolute atomic E-state index is 14.3. The van der Waals surface area contributed by atoms with Crippen molar-refractivity contribution in [3.63, 3.8) is 0 Å². The maximum atomic E-state index is 14.3. The summed E-state index contributed by atoms with van der Waals surface area (Å²) >= 11 is 0. The van der Waals surface area contributed by atoms with Gasteiger partial charge in [-0.3, -0.25) is 72.3 Å². The number of aliphatic imine (C=N–C) groups is 2. The maximum Gasteiger partial charge on any atom is 0.245 e. The molecule has 30 N–H and O–H groups in total. The van der Waals surface area contributed by atoms with Crippen molar-refractivity contribution in [2.45, 2.75) is 177 Å². The van der Waals surface area contributed by atoms with E-state index >= 15 is 0 Å². The molecule has 0 heterocycles. The molecule has 0 unspecified atom stereocenters. The first-order valence-electron chi connectivity index (χ1n) is 34.5. The third-order valence-corrected chi connectivity index (χ3v) is 16.1. The second kappa shape index (κ2) is 48.1. The molecule has 0 fully saturated rings. The fourth-order valence-electron chi connectivity index (χ4n) is 10.3. The number of amides is 13. The highest BCUT2D eigenvalue weighted by Gasteiger charge is 2.36. The minimum Gasteiger partial charge on any atom is -0.394 e. The number of unbranched alkanes of at least 4 members (excludes halogenated alkanes) is 2. The molecule has 0 aliphatic heterocycles. The van der Waals surface area contributed by atoms with Crippen LogP contribution >= 0.6 is 0 Å². The SMILES string of the molecule is C[C@H](NC(=O)CNC(=O)[C@@H](NC(=O)[C@H](Cc1ccccc1)NC(=O)[C@@H](Cc1ccccc1)NC(=O)CNC(=O)[C@@H](N)Cc1ccccc1)[C@@H](C)O)C(=O)N[C@@H](CCCN=C(N)N)C(=O)N[C@@H](CCCCN)C(=O)N[C@@H](CO)C(=O)N[C@@H](C)C(=O)N[C@@H](CCCN=C(N)N)C(=O)N[C@@H](CCCCN)C(N)=O. The summed E-state index contributed by atoms with van der Waals surface area (Å²) in [6.07, 6.45) is 0.0668. The number of aliphatic hydroxyl groups is 2. The van der Waals surface area contributed by atoms with E-state index in [0.29, 0.717) is 36.9 Å². The molecule has 13 amide bonds. The highest BCUT2D eigenvalue weighted by atomic mass is 16.3. The van der Waals surface area contributed by atoms with Crippen molar-refractivity contribution < 1.29 is 72.5 Å². The fourth-order valence-corrected chi connectivity index (χ4v) is 10.3. The van der Waals surface area contributed by atoms with Crippen LogP contribution in [0.1, 0.15) is 102 Å². The number of carbonyl (C=O) groups excluding carboxylic acids is 13. The third-order valence-electron chi connectivity index (χ3n) is 16.1. The number of nitrogens with zero attached hydrogens (tertiary/aromatic N) is 2. The molecular formula is C68H106N22O15. The van der Waals surface area contributed by atoms with Crippen LogP contribution in [0.5, 0.6) is 0 Å². The number of carbonyl (C=O) groups is 13. The zero-order valence-corrected chi connectivity index (χ0v) is 59.4. The Balaban J connectivity index is 1.74. The van der Waals surface area contributed by atoms with Gasteiger partial charge >= 0.3 is 0 Å². The van der Waals surface area contributed by atoms with Crippen molar-refractivity contribution in [2.24, 2.45) is 55.9 Å². The highest BCUT2D eigenvalue weighted by molar-refractivity contribution is 5.99. The Morgan fingerprint density at radius 3 is 1.15 bits per heavy atom. The number of nitrogens with two attached hydrogens (primary N) is 8. The number of rotatable bonds is 49. The van der Waals surface area contributed by atoms with Crippen molar-refractivity contribution in [2.75, 3.05) is 45.9 Å². The quantitative estimate of drug-likeness (QED) is 0.0142. The van der Waals surface area contributed by atoms with E-state index in [0.717, 1.165) is 5.56 Å². The molecule has 3 aromatic carbocycles. The second-order valence-corrected chi connectivity index (χ2v) is 24.9. The number of nitrogens with one attached hydrogen (secondary N) is 12. The zero-order valence-electron chi connectivity index (χ0n) is 59.4. The van der Waals surface area contributed by atoms with Crippen LogP contribution in [0, 0.1) is 0 Å². The van der Waals surface area contributed by atoms with Crippen LogP contribution in [0.2, 0.25) is 0 Å². The Morgan fingerprint density at radius 2 is 0.724 bits per heavy atom. The van der Waals surface area contributed by atoms with E-state index in [1.54, 1.807) is 84.9 Å². The highest BCUT2D eigenvalue weighted by Crippen LogP contribution is 2.12. The van der Waals surface area contributed by atoms with Gasteiger partial charge in [0, 0.05) is 25.9 Å². The molecule has 0 radical (unpaired) electrons. The van der Waals surface area contributed by atoms with Crippen LogP contribution < -0.4 is 110 Å². The molecule has 0 spiro atoms. The van der Waals surface area contributed by atoms with Gasteiger partial charge < -0.3 is 120 Å². The van der Waals surface area contributed by atoms with Gasteiger partial charge in [0.2, 0.25) is 76.8 Å². The monoisotopic (exact) mass is 1470 g/mol. The smallest absolute Gasteiger partial charge is 0.245 e. The van der Waals surface area contributed by atoms with E-state index in [4.69, 9.17) is 45.9 Å². The fraction of sp³-hybridized carbons (Fsp3) is 0.515. The lowest BCUT2D eigenvalue weighted by Gasteiger charge is -2.27. The molecule has 12 atom stereocenters. The molecular weight excluding hydrogens is 1360 g/mol. The standard InChI is InChI=1S/C68H106N22O15/c1-39(81-53(93)36-80-66(105)55(41(3)92)90-64(103)51(35-44-23-11-6-12-24-44)88-63(102)50(34-43-21-9-5-10-22-43)83-54(94)37-79-59(98)45(71)33-42-19-7-4-8-20-42)57(96)85-49(28-18-32-78-68(75)76)61(100)87-47(26-14-16-30-70)62(101)89-52(38-91)65(104)82-40(2)58(97)86-48(27-17-31-77-67(73)74)60(99)84-46(56(72)95)25-13-15-29-69/h4-12,19-24,39-41,45-52,55,91-92H,13-18,25-38,69-71H2,1-3H3,(H2,72,95)(H,79,98)(H,80,105)(H,81,93)(H,82,104)(H,83,94)(H,84,99)(H,85,96)(H,86,97)(H,87,100)(H,88,102)(H,89,101)(H,90,103)(H4,73,74,77)(H4,75,76,78)/t39-,40-,41+,45-,46-,47-,48-,49-,50+,51-,52-,55-/m0/s1. The van der Waals surface area contributed by atoms with Gasteiger partial charge in [0.1, 0.15) is 60.4 Å². The average molecular weight is 1470 g/mol. The molecule has 0 saturated heterocycles. The number of primary amides is 1. The van der Waals surface area contributed by atoms with Crippen LogP contribution in [0.15, 0.2) is 101 Å². The molecule has 0 aliphatic carbocycles. The van der Waals surface area contributed by atoms with Crippen LogP contribution in [0.3, 0.4) is 0 Å². The number of benzene rings is 3. The predicted molar refractivity (Wildman–Crippen MR) is 389 cm³/mol. The van der Waals surface area contributed by atoms with Crippen molar-refractivity contribution >= 4 is 88.7 Å². The minimum atomic E-state index is -1.75. The number of aliphatic hydroxyl groups excluding tert-OH is 2. The lowest BCUT2D eigenvalue weighted by Crippen LogP contribution is -2.60. The molecule has 3 rings (SSSR count). The van der Waals surface area contributed by atoms with Gasteiger partial charge in [-0.05, 0) is 121 Å². The van der Waals surface area contributed by atoms with Crippen molar-refractivity contribution in [1.29, 1.82) is 0 Å². The Bertz CT molecular complexity index is 3370. The largest absolute Gasteiger partial charge is 0.394 e. The predicted octanol–water partition coefficient (Wildman–Crippen LogP) is -7.61. The van der Waals surface area contributed by atoms with Crippen LogP contribution in [0.25, 0.3) is 0 Å². The first-order chi connectivity index (χ1) is 50.0. The summed E-state index contributed by atoms with van der Waals surface area (Å²) in [5, 5.41) is 51.0. The Kier molecular flexibility index (Phi) is 40.5. The van der Waals surface area contributed by atoms with Crippen LogP contribution in [0.4, 0.5) is 0 Å². The molecule has 0 bridgehead atoms. The second-order valence-electron chi connectivity index (χ2n) is 24.9. The summed E-state index contributed by atoms with van der Waals surface area (Å²) in [6, 6.07) is 10.6. The summed E-state index contributed by atoms with van der Waals surface area (Å²) < 4.78 is 0. The Hall–Kier alpha value is -10.9. The molecule has 0 aliphatic rings. The van der Waals surface area contributed by atoms with Gasteiger partial charge in [-0.25, -0.2) is 0 Å². The summed E-state index contributed by atoms with van der Waals surface area (Å²) in [5.74, 6) is -12.2. The van der Waals surface area contributed by atoms with Crippen molar-refractivity contribution in [3.05, 3.63) is 108 Å². The summed E-state index contributed by atoms with van der Waals surface area (Å²) in [4.78, 5) is 185. The van der Waals surface area contributed by atoms with Crippen molar-refractivity contribution in [3.8, 4) is 0 Å². The van der Waals surface area contributed by atoms with E-state index in [9.17, 15) is 72.5 Å². The lowest BCUT2D eigenvalue weighted by molar-refractivity contribution is -0.136. The summed E-state index contributed by atoms with van der Waals surface area (Å²) in [5.41, 5.74) is 46.8. The van der Waals surface area contributed by atoms with E-state index < -0.39 is 169 Å². The van der Waals surface area contributed by atoms with Gasteiger partial charge in [-0.2, -0.15) is 0 Å². The van der Waals surface area contributed by atoms with E-state index in [2.05, 4.69) is 73.8 Å². The molecule has 3 aromatic rings. The molecule has 0 aromatic heterocycles. The first-order valence-corrected chi connectivity index (χ1v) is 34.5. The number of hydrogen-bond acceptors (Lipinski definition) is 20. The van der Waals surface area contributed by atoms with Gasteiger partial charge in [0.05, 0.1) is 31.8 Å². The topological polar surface area (TPSA) is 640 Å². The lowest BCUT2D eigenvalue weighted by atomic mass is 10.0. The molecule has 37 heteroatoms. The van der Waals surface area contributed by atoms with Gasteiger partial charge in [-0.15, -0.1) is 0 Å². The average Bonchev–Trinajstić information content (AvgIpc) is 0.876. The summed E-state index contributed by atoms with van der Waals surface area (Å²) in [7, 11) is 0. The first kappa shape index (κ1) is 88.3. The normalized spacial score (nSPS) is 14.3. The Morgan fingerprint density at radius 1 is 0.381 bits per heavy atom. The van der Waals surface area contributed by atoms with Gasteiger partial charge in [0.15, 0.2) is 11.9 Å².